The molecule has 0 saturated heterocycles. The molecule has 1 aromatic rings. The van der Waals surface area contributed by atoms with Crippen LogP contribution < -0.4 is 0 Å². The molecule has 78 valence electrons. The zero-order chi connectivity index (χ0) is 10.9. The molecule has 0 saturated carbocycles. The molecule has 0 atom stereocenters. The highest BCUT2D eigenvalue weighted by Crippen LogP contribution is 2.32. The van der Waals surface area contributed by atoms with E-state index in [-0.39, 0.29) is 0 Å². The number of hydrogen-bond donors (Lipinski definition) is 1. The largest absolute Gasteiger partial charge is 0.507 e. The highest BCUT2D eigenvalue weighted by atomic mass is 16.3. The summed E-state index contributed by atoms with van der Waals surface area (Å²) < 4.78 is 0. The number of benzene rings is 1. The maximum atomic E-state index is 10.0. The summed E-state index contributed by atoms with van der Waals surface area (Å²) in [5.74, 6) is 0.507. The molecule has 14 heavy (non-hydrogen) atoms. The third kappa shape index (κ3) is 1.63. The lowest BCUT2D eigenvalue weighted by Gasteiger charge is -2.16. The molecule has 1 heteroatoms. The van der Waals surface area contributed by atoms with E-state index >= 15 is 0 Å². The van der Waals surface area contributed by atoms with Gasteiger partial charge >= 0.3 is 0 Å². The second kappa shape index (κ2) is 4.04. The van der Waals surface area contributed by atoms with Crippen molar-refractivity contribution in [2.45, 2.75) is 47.5 Å². The van der Waals surface area contributed by atoms with E-state index in [1.165, 1.54) is 16.7 Å². The van der Waals surface area contributed by atoms with Crippen molar-refractivity contribution >= 4 is 0 Å². The maximum absolute atomic E-state index is 10.0. The number of aromatic hydroxyl groups is 1. The van der Waals surface area contributed by atoms with Gasteiger partial charge in [-0.05, 0) is 61.9 Å². The van der Waals surface area contributed by atoms with Crippen molar-refractivity contribution in [2.75, 3.05) is 0 Å². The molecule has 0 unspecified atom stereocenters. The van der Waals surface area contributed by atoms with Crippen LogP contribution in [0.2, 0.25) is 0 Å². The van der Waals surface area contributed by atoms with E-state index in [0.717, 1.165) is 24.0 Å². The topological polar surface area (TPSA) is 20.2 Å². The van der Waals surface area contributed by atoms with E-state index in [1.807, 2.05) is 6.92 Å². The zero-order valence-electron chi connectivity index (χ0n) is 9.86. The zero-order valence-corrected chi connectivity index (χ0v) is 9.86. The van der Waals surface area contributed by atoms with Gasteiger partial charge in [0, 0.05) is 0 Å². The fourth-order valence-electron chi connectivity index (χ4n) is 1.93. The van der Waals surface area contributed by atoms with Crippen LogP contribution in [0.25, 0.3) is 0 Å². The summed E-state index contributed by atoms with van der Waals surface area (Å²) in [4.78, 5) is 0. The molecule has 0 aliphatic heterocycles. The smallest absolute Gasteiger partial charge is 0.122 e. The summed E-state index contributed by atoms with van der Waals surface area (Å²) in [6.07, 6.45) is 2.05. The van der Waals surface area contributed by atoms with Gasteiger partial charge in [0.15, 0.2) is 0 Å². The molecule has 0 aromatic heterocycles. The quantitative estimate of drug-likeness (QED) is 0.759. The van der Waals surface area contributed by atoms with Crippen LogP contribution in [-0.4, -0.2) is 5.11 Å². The molecule has 0 aliphatic carbocycles. The Morgan fingerprint density at radius 2 is 1.36 bits per heavy atom. The van der Waals surface area contributed by atoms with Crippen LogP contribution >= 0.6 is 0 Å². The lowest BCUT2D eigenvalue weighted by molar-refractivity contribution is 0.461. The molecule has 0 amide bonds. The molecule has 0 radical (unpaired) electrons. The molecular formula is C13H20O. The predicted octanol–water partition coefficient (Wildman–Crippen LogP) is 3.58. The van der Waals surface area contributed by atoms with E-state index in [4.69, 9.17) is 0 Å². The van der Waals surface area contributed by atoms with Crippen molar-refractivity contribution in [3.05, 3.63) is 27.8 Å². The standard InChI is InChI=1S/C13H20O/c1-6-7-12-10(4)8(2)9(3)11(5)13(12)14/h14H,6-7H2,1-5H3. The fourth-order valence-corrected chi connectivity index (χ4v) is 1.93. The number of rotatable bonds is 2. The van der Waals surface area contributed by atoms with Gasteiger partial charge in [0.2, 0.25) is 0 Å². The monoisotopic (exact) mass is 192 g/mol. The summed E-state index contributed by atoms with van der Waals surface area (Å²) in [6, 6.07) is 0. The highest BCUT2D eigenvalue weighted by molar-refractivity contribution is 5.53. The second-order valence-electron chi connectivity index (χ2n) is 4.08. The highest BCUT2D eigenvalue weighted by Gasteiger charge is 2.12. The van der Waals surface area contributed by atoms with Crippen LogP contribution in [0.3, 0.4) is 0 Å². The van der Waals surface area contributed by atoms with Crippen molar-refractivity contribution in [1.29, 1.82) is 0 Å². The minimum absolute atomic E-state index is 0.507. The number of phenolic OH excluding ortho intramolecular Hbond substituents is 1. The van der Waals surface area contributed by atoms with Crippen LogP contribution in [-0.2, 0) is 6.42 Å². The lowest BCUT2D eigenvalue weighted by atomic mass is 9.91. The summed E-state index contributed by atoms with van der Waals surface area (Å²) in [5.41, 5.74) is 5.97. The summed E-state index contributed by atoms with van der Waals surface area (Å²) in [7, 11) is 0. The van der Waals surface area contributed by atoms with Gasteiger partial charge in [0.25, 0.3) is 0 Å². The van der Waals surface area contributed by atoms with Crippen molar-refractivity contribution in [3.63, 3.8) is 0 Å². The summed E-state index contributed by atoms with van der Waals surface area (Å²) in [6.45, 7) is 10.5. The van der Waals surface area contributed by atoms with E-state index < -0.39 is 0 Å². The first kappa shape index (κ1) is 11.1. The fraction of sp³-hybridized carbons (Fsp3) is 0.538. The Labute approximate surface area is 86.8 Å². The average molecular weight is 192 g/mol. The molecule has 0 heterocycles. The van der Waals surface area contributed by atoms with Gasteiger partial charge in [0.05, 0.1) is 0 Å². The van der Waals surface area contributed by atoms with Gasteiger partial charge < -0.3 is 5.11 Å². The lowest BCUT2D eigenvalue weighted by Crippen LogP contribution is -1.99. The van der Waals surface area contributed by atoms with Crippen LogP contribution in [0.15, 0.2) is 0 Å². The number of phenols is 1. The van der Waals surface area contributed by atoms with Crippen molar-refractivity contribution in [3.8, 4) is 5.75 Å². The van der Waals surface area contributed by atoms with Gasteiger partial charge in [-0.1, -0.05) is 13.3 Å². The van der Waals surface area contributed by atoms with Crippen LogP contribution in [0.1, 0.15) is 41.2 Å². The molecule has 1 nitrogen and oxygen atoms in total. The molecular weight excluding hydrogens is 172 g/mol. The Morgan fingerprint density at radius 3 is 1.86 bits per heavy atom. The molecule has 0 fully saturated rings. The van der Waals surface area contributed by atoms with E-state index in [0.29, 0.717) is 5.75 Å². The third-order valence-electron chi connectivity index (χ3n) is 3.28. The first-order valence-electron chi connectivity index (χ1n) is 5.28. The minimum Gasteiger partial charge on any atom is -0.507 e. The van der Waals surface area contributed by atoms with Crippen LogP contribution in [0.5, 0.6) is 5.75 Å². The van der Waals surface area contributed by atoms with Crippen LogP contribution in [0.4, 0.5) is 0 Å². The Balaban J connectivity index is 3.43. The molecule has 1 rings (SSSR count). The van der Waals surface area contributed by atoms with Crippen LogP contribution in [0, 0.1) is 27.7 Å². The molecule has 1 aromatic carbocycles. The Kier molecular flexibility index (Phi) is 3.20. The Morgan fingerprint density at radius 1 is 0.857 bits per heavy atom. The predicted molar refractivity (Wildman–Crippen MR) is 61.0 cm³/mol. The van der Waals surface area contributed by atoms with E-state index in [9.17, 15) is 5.11 Å². The van der Waals surface area contributed by atoms with E-state index in [2.05, 4.69) is 27.7 Å². The molecule has 1 N–H and O–H groups in total. The van der Waals surface area contributed by atoms with Gasteiger partial charge in [-0.2, -0.15) is 0 Å². The van der Waals surface area contributed by atoms with Crippen molar-refractivity contribution in [1.82, 2.24) is 0 Å². The van der Waals surface area contributed by atoms with Gasteiger partial charge in [0.1, 0.15) is 5.75 Å². The van der Waals surface area contributed by atoms with Crippen molar-refractivity contribution < 1.29 is 5.11 Å². The first-order valence-corrected chi connectivity index (χ1v) is 5.28. The van der Waals surface area contributed by atoms with Gasteiger partial charge in [-0.15, -0.1) is 0 Å². The molecule has 0 spiro atoms. The maximum Gasteiger partial charge on any atom is 0.122 e. The number of hydrogen-bond acceptors (Lipinski definition) is 1. The Bertz CT molecular complexity index is 322. The summed E-state index contributed by atoms with van der Waals surface area (Å²) >= 11 is 0. The SMILES string of the molecule is CCCc1c(C)c(C)c(C)c(C)c1O. The molecule has 0 bridgehead atoms. The molecule has 0 aliphatic rings. The van der Waals surface area contributed by atoms with Crippen molar-refractivity contribution in [2.24, 2.45) is 0 Å². The average Bonchev–Trinajstić information content (AvgIpc) is 2.19. The summed E-state index contributed by atoms with van der Waals surface area (Å²) in [5, 5.41) is 10.0. The van der Waals surface area contributed by atoms with Gasteiger partial charge in [-0.25, -0.2) is 0 Å². The first-order chi connectivity index (χ1) is 6.50. The van der Waals surface area contributed by atoms with Gasteiger partial charge in [-0.3, -0.25) is 0 Å². The van der Waals surface area contributed by atoms with E-state index in [1.54, 1.807) is 0 Å². The Hall–Kier alpha value is -0.980. The minimum atomic E-state index is 0.507. The second-order valence-corrected chi connectivity index (χ2v) is 4.08. The third-order valence-corrected chi connectivity index (χ3v) is 3.28. The normalized spacial score (nSPS) is 10.6.